The number of anilines is 2. The molecule has 4 aliphatic rings. The molecule has 0 saturated carbocycles. The molecule has 3 amide bonds. The fourth-order valence-electron chi connectivity index (χ4n) is 6.82. The third-order valence-corrected chi connectivity index (χ3v) is 8.46. The van der Waals surface area contributed by atoms with Gasteiger partial charge in [-0.2, -0.15) is 0 Å². The van der Waals surface area contributed by atoms with Crippen molar-refractivity contribution in [2.45, 2.75) is 24.4 Å². The molecule has 0 aliphatic carbocycles. The van der Waals surface area contributed by atoms with Gasteiger partial charge in [0, 0.05) is 27.2 Å². The number of nitrogens with one attached hydrogen (secondary N) is 1. The molecule has 3 aromatic carbocycles. The smallest absolute Gasteiger partial charge is 0.250 e. The van der Waals surface area contributed by atoms with Gasteiger partial charge in [0.2, 0.25) is 17.7 Å². The Hall–Kier alpha value is -3.03. The van der Waals surface area contributed by atoms with Gasteiger partial charge in [-0.25, -0.2) is 4.90 Å². The van der Waals surface area contributed by atoms with Crippen molar-refractivity contribution in [2.75, 3.05) is 16.8 Å². The number of carbonyl (C=O) groups excluding carboxylic acids is 3. The number of fused-ring (bicyclic) bond motifs is 8. The van der Waals surface area contributed by atoms with Crippen molar-refractivity contribution in [2.24, 2.45) is 11.8 Å². The molecule has 3 saturated heterocycles. The second kappa shape index (κ2) is 6.52. The van der Waals surface area contributed by atoms with Gasteiger partial charge in [-0.1, -0.05) is 52.3 Å². The summed E-state index contributed by atoms with van der Waals surface area (Å²) in [6.07, 6.45) is 1.71. The first-order valence-electron chi connectivity index (χ1n) is 11.3. The van der Waals surface area contributed by atoms with Crippen molar-refractivity contribution in [3.8, 4) is 0 Å². The highest BCUT2D eigenvalue weighted by Crippen LogP contribution is 2.61. The largest absolute Gasteiger partial charge is 0.324 e. The molecular weight excluding hydrogens is 482 g/mol. The third kappa shape index (κ3) is 2.24. The lowest BCUT2D eigenvalue weighted by molar-refractivity contribution is -0.135. The summed E-state index contributed by atoms with van der Waals surface area (Å²) in [7, 11) is 0. The number of imide groups is 1. The second-order valence-electron chi connectivity index (χ2n) is 9.33. The lowest BCUT2D eigenvalue weighted by atomic mass is 9.75. The van der Waals surface area contributed by atoms with Gasteiger partial charge in [0.1, 0.15) is 5.54 Å². The van der Waals surface area contributed by atoms with Crippen LogP contribution in [0.2, 0.25) is 0 Å². The highest BCUT2D eigenvalue weighted by molar-refractivity contribution is 9.10. The van der Waals surface area contributed by atoms with Gasteiger partial charge in [0.05, 0.1) is 17.5 Å². The number of halogens is 1. The molecular formula is C26H20BrN3O3. The quantitative estimate of drug-likeness (QED) is 0.511. The summed E-state index contributed by atoms with van der Waals surface area (Å²) in [5, 5.41) is 4.85. The number of nitrogens with zero attached hydrogens (tertiary/aromatic N) is 2. The molecule has 0 unspecified atom stereocenters. The maximum absolute atomic E-state index is 14.2. The molecule has 7 rings (SSSR count). The molecule has 33 heavy (non-hydrogen) atoms. The van der Waals surface area contributed by atoms with Crippen molar-refractivity contribution < 1.29 is 14.4 Å². The zero-order valence-corrected chi connectivity index (χ0v) is 19.2. The monoisotopic (exact) mass is 501 g/mol. The van der Waals surface area contributed by atoms with Gasteiger partial charge >= 0.3 is 0 Å². The van der Waals surface area contributed by atoms with Crippen molar-refractivity contribution in [3.05, 3.63) is 70.7 Å². The number of rotatable bonds is 1. The predicted molar refractivity (Wildman–Crippen MR) is 128 cm³/mol. The molecule has 1 spiro atoms. The van der Waals surface area contributed by atoms with Gasteiger partial charge in [-0.05, 0) is 49.0 Å². The Morgan fingerprint density at radius 2 is 1.79 bits per heavy atom. The Kier molecular flexibility index (Phi) is 3.84. The van der Waals surface area contributed by atoms with Crippen LogP contribution >= 0.6 is 15.9 Å². The summed E-state index contributed by atoms with van der Waals surface area (Å²) in [5.41, 5.74) is 0.961. The minimum atomic E-state index is -1.16. The van der Waals surface area contributed by atoms with E-state index in [-0.39, 0.29) is 23.8 Å². The Labute approximate surface area is 198 Å². The number of amides is 3. The van der Waals surface area contributed by atoms with Gasteiger partial charge in [-0.15, -0.1) is 0 Å². The van der Waals surface area contributed by atoms with Crippen molar-refractivity contribution in [3.63, 3.8) is 0 Å². The van der Waals surface area contributed by atoms with Crippen LogP contribution in [0.4, 0.5) is 11.4 Å². The maximum atomic E-state index is 14.2. The summed E-state index contributed by atoms with van der Waals surface area (Å²) in [6, 6.07) is 19.0. The number of benzene rings is 3. The van der Waals surface area contributed by atoms with E-state index in [2.05, 4.69) is 26.1 Å². The van der Waals surface area contributed by atoms with Crippen LogP contribution in [0.25, 0.3) is 10.8 Å². The summed E-state index contributed by atoms with van der Waals surface area (Å²) in [6.45, 7) is 0.700. The van der Waals surface area contributed by atoms with E-state index in [0.717, 1.165) is 39.3 Å². The minimum Gasteiger partial charge on any atom is -0.324 e. The molecule has 164 valence electrons. The third-order valence-electron chi connectivity index (χ3n) is 7.96. The first-order chi connectivity index (χ1) is 16.0. The highest BCUT2D eigenvalue weighted by atomic mass is 79.9. The van der Waals surface area contributed by atoms with E-state index in [1.165, 1.54) is 4.90 Å². The van der Waals surface area contributed by atoms with E-state index in [9.17, 15) is 14.4 Å². The first-order valence-corrected chi connectivity index (χ1v) is 12.1. The Morgan fingerprint density at radius 1 is 0.970 bits per heavy atom. The zero-order valence-electron chi connectivity index (χ0n) is 17.6. The first kappa shape index (κ1) is 19.4. The van der Waals surface area contributed by atoms with Crippen LogP contribution in [0.1, 0.15) is 18.4 Å². The lowest BCUT2D eigenvalue weighted by Gasteiger charge is -2.36. The van der Waals surface area contributed by atoms with E-state index in [0.29, 0.717) is 12.2 Å². The van der Waals surface area contributed by atoms with Crippen LogP contribution in [-0.4, -0.2) is 35.2 Å². The van der Waals surface area contributed by atoms with Crippen LogP contribution in [0.5, 0.6) is 0 Å². The molecule has 7 heteroatoms. The molecule has 0 bridgehead atoms. The summed E-state index contributed by atoms with van der Waals surface area (Å²) in [4.78, 5) is 45.3. The van der Waals surface area contributed by atoms with E-state index in [1.54, 1.807) is 0 Å². The van der Waals surface area contributed by atoms with Crippen LogP contribution in [0, 0.1) is 11.8 Å². The molecule has 0 radical (unpaired) electrons. The molecule has 3 aromatic rings. The fraction of sp³-hybridized carbons (Fsp3) is 0.269. The van der Waals surface area contributed by atoms with Crippen molar-refractivity contribution in [1.82, 2.24) is 4.90 Å². The maximum Gasteiger partial charge on any atom is 0.250 e. The van der Waals surface area contributed by atoms with Crippen molar-refractivity contribution >= 4 is 55.8 Å². The van der Waals surface area contributed by atoms with Crippen LogP contribution in [-0.2, 0) is 19.9 Å². The van der Waals surface area contributed by atoms with E-state index in [1.807, 2.05) is 60.7 Å². The SMILES string of the molecule is O=C1[C@@H]2[C@@H]3CCCN3[C@]3(C(=O)Nc4ccc(Br)cc43)[C@H]2C(=O)N1c1cccc2ccccc12. The standard InChI is InChI=1S/C26H20BrN3O3/c27-15-10-11-18-17(13-15)26(25(33)28-18)22-21(20-9-4-12-29(20)26)23(31)30(24(22)32)19-8-3-6-14-5-1-2-7-16(14)19/h1-3,5-8,10-11,13,20-22H,4,9,12H2,(H,28,33)/t20-,21+,22+,26-/m0/s1. The molecule has 4 aliphatic heterocycles. The number of hydrogen-bond donors (Lipinski definition) is 1. The lowest BCUT2D eigenvalue weighted by Crippen LogP contribution is -2.54. The van der Waals surface area contributed by atoms with Crippen LogP contribution in [0.3, 0.4) is 0 Å². The van der Waals surface area contributed by atoms with Gasteiger partial charge in [0.15, 0.2) is 0 Å². The van der Waals surface area contributed by atoms with E-state index >= 15 is 0 Å². The van der Waals surface area contributed by atoms with Gasteiger partial charge in [-0.3, -0.25) is 19.3 Å². The Morgan fingerprint density at radius 3 is 2.67 bits per heavy atom. The van der Waals surface area contributed by atoms with E-state index < -0.39 is 17.4 Å². The molecule has 6 nitrogen and oxygen atoms in total. The molecule has 3 fully saturated rings. The topological polar surface area (TPSA) is 69.7 Å². The van der Waals surface area contributed by atoms with Gasteiger partial charge in [0.25, 0.3) is 0 Å². The second-order valence-corrected chi connectivity index (χ2v) is 10.2. The highest BCUT2D eigenvalue weighted by Gasteiger charge is 2.74. The minimum absolute atomic E-state index is 0.123. The fourth-order valence-corrected chi connectivity index (χ4v) is 7.18. The summed E-state index contributed by atoms with van der Waals surface area (Å²) in [5.74, 6) is -1.94. The van der Waals surface area contributed by atoms with Gasteiger partial charge < -0.3 is 5.32 Å². The average molecular weight is 502 g/mol. The molecule has 1 N–H and O–H groups in total. The van der Waals surface area contributed by atoms with Crippen molar-refractivity contribution in [1.29, 1.82) is 0 Å². The molecule has 4 heterocycles. The number of hydrogen-bond acceptors (Lipinski definition) is 4. The summed E-state index contributed by atoms with van der Waals surface area (Å²) >= 11 is 3.54. The number of carbonyl (C=O) groups is 3. The zero-order chi connectivity index (χ0) is 22.5. The molecule has 4 atom stereocenters. The normalized spacial score (nSPS) is 30.3. The van der Waals surface area contributed by atoms with E-state index in [4.69, 9.17) is 0 Å². The Balaban J connectivity index is 1.46. The molecule has 0 aromatic heterocycles. The average Bonchev–Trinajstić information content (AvgIpc) is 3.52. The Bertz CT molecular complexity index is 1400. The predicted octanol–water partition coefficient (Wildman–Crippen LogP) is 4.03. The van der Waals surface area contributed by atoms with Crippen LogP contribution < -0.4 is 10.2 Å². The summed E-state index contributed by atoms with van der Waals surface area (Å²) < 4.78 is 0.846. The van der Waals surface area contributed by atoms with Crippen LogP contribution in [0.15, 0.2) is 65.1 Å².